The first-order valence-corrected chi connectivity index (χ1v) is 11.1. The molecule has 1 aromatic rings. The molecule has 1 atom stereocenters. The number of hydrogen-bond donors (Lipinski definition) is 2. The largest absolute Gasteiger partial charge is 0.357 e. The van der Waals surface area contributed by atoms with Crippen LogP contribution in [0.2, 0.25) is 0 Å². The molecule has 0 aromatic heterocycles. The molecule has 1 unspecified atom stereocenters. The molecule has 2 heterocycles. The lowest BCUT2D eigenvalue weighted by Crippen LogP contribution is -2.57. The third-order valence-corrected chi connectivity index (χ3v) is 5.77. The number of rotatable bonds is 6. The van der Waals surface area contributed by atoms with Crippen LogP contribution < -0.4 is 10.6 Å². The van der Waals surface area contributed by atoms with Gasteiger partial charge in [0.15, 0.2) is 5.96 Å². The Balaban J connectivity index is 0.00000363. The lowest BCUT2D eigenvalue weighted by molar-refractivity contribution is -0.135. The molecule has 3 rings (SSSR count). The molecule has 2 aliphatic heterocycles. The molecule has 2 N–H and O–H groups in total. The fourth-order valence-electron chi connectivity index (χ4n) is 3.99. The summed E-state index contributed by atoms with van der Waals surface area (Å²) in [5, 5.41) is 5.96. The third kappa shape index (κ3) is 7.29. The van der Waals surface area contributed by atoms with E-state index >= 15 is 0 Å². The van der Waals surface area contributed by atoms with Gasteiger partial charge in [-0.3, -0.25) is 14.5 Å². The minimum Gasteiger partial charge on any atom is -0.357 e. The Morgan fingerprint density at radius 1 is 1.03 bits per heavy atom. The molecule has 0 aliphatic carbocycles. The molecule has 0 radical (unpaired) electrons. The van der Waals surface area contributed by atoms with Crippen LogP contribution in [-0.2, 0) is 9.59 Å². The number of piperazine rings is 1. The van der Waals surface area contributed by atoms with Gasteiger partial charge in [-0.25, -0.2) is 9.38 Å². The number of aliphatic imine (C=N–C) groups is 1. The Morgan fingerprint density at radius 3 is 2.25 bits per heavy atom. The molecule has 2 aliphatic rings. The summed E-state index contributed by atoms with van der Waals surface area (Å²) < 4.78 is 13.0. The SMILES string of the molecule is CCNC(=NCC(=O)Nc1ccc(F)cc1)N1CCN(C(C)C(=O)N2CCCC2)CC1.I. The lowest BCUT2D eigenvalue weighted by Gasteiger charge is -2.39. The van der Waals surface area contributed by atoms with E-state index in [0.717, 1.165) is 52.1 Å². The number of likely N-dealkylation sites (tertiary alicyclic amines) is 1. The maximum Gasteiger partial charge on any atom is 0.246 e. The van der Waals surface area contributed by atoms with Crippen molar-refractivity contribution in [3.8, 4) is 0 Å². The number of nitrogens with zero attached hydrogens (tertiary/aromatic N) is 4. The minimum absolute atomic E-state index is 0. The molecular weight excluding hydrogens is 526 g/mol. The van der Waals surface area contributed by atoms with Crippen molar-refractivity contribution in [1.29, 1.82) is 0 Å². The molecule has 1 aromatic carbocycles. The van der Waals surface area contributed by atoms with E-state index in [1.807, 2.05) is 18.7 Å². The standard InChI is InChI=1S/C22H33FN6O2.HI/c1-3-24-22(25-16-20(30)26-19-8-6-18(23)7-9-19)29-14-12-27(13-15-29)17(2)21(31)28-10-4-5-11-28;/h6-9,17H,3-5,10-16H2,1-2H3,(H,24,25)(H,26,30);1H. The molecule has 2 fully saturated rings. The van der Waals surface area contributed by atoms with Crippen LogP contribution in [0.1, 0.15) is 26.7 Å². The van der Waals surface area contributed by atoms with Crippen LogP contribution in [-0.4, -0.2) is 90.9 Å². The minimum atomic E-state index is -0.346. The Hall–Kier alpha value is -1.95. The van der Waals surface area contributed by atoms with Gasteiger partial charge in [-0.15, -0.1) is 24.0 Å². The molecule has 0 bridgehead atoms. The van der Waals surface area contributed by atoms with E-state index in [1.54, 1.807) is 0 Å². The van der Waals surface area contributed by atoms with Gasteiger partial charge in [0.1, 0.15) is 12.4 Å². The fourth-order valence-corrected chi connectivity index (χ4v) is 3.99. The highest BCUT2D eigenvalue weighted by atomic mass is 127. The fraction of sp³-hybridized carbons (Fsp3) is 0.591. The first-order valence-electron chi connectivity index (χ1n) is 11.1. The van der Waals surface area contributed by atoms with E-state index in [0.29, 0.717) is 18.2 Å². The van der Waals surface area contributed by atoms with Crippen molar-refractivity contribution in [2.24, 2.45) is 4.99 Å². The average molecular weight is 560 g/mol. The van der Waals surface area contributed by atoms with Gasteiger partial charge in [0.2, 0.25) is 11.8 Å². The number of amides is 2. The first kappa shape index (κ1) is 26.3. The first-order chi connectivity index (χ1) is 15.0. The second kappa shape index (κ2) is 12.9. The topological polar surface area (TPSA) is 80.3 Å². The summed E-state index contributed by atoms with van der Waals surface area (Å²) in [6.45, 7) is 9.43. The van der Waals surface area contributed by atoms with Gasteiger partial charge in [0.05, 0.1) is 6.04 Å². The average Bonchev–Trinajstić information content (AvgIpc) is 3.32. The zero-order valence-corrected chi connectivity index (χ0v) is 21.2. The number of anilines is 1. The van der Waals surface area contributed by atoms with Gasteiger partial charge in [-0.2, -0.15) is 0 Å². The number of hydrogen-bond acceptors (Lipinski definition) is 4. The van der Waals surface area contributed by atoms with Crippen molar-refractivity contribution in [2.75, 3.05) is 57.7 Å². The highest BCUT2D eigenvalue weighted by molar-refractivity contribution is 14.0. The number of halogens is 2. The molecule has 0 spiro atoms. The van der Waals surface area contributed by atoms with Crippen LogP contribution >= 0.6 is 24.0 Å². The molecular formula is C22H34FIN6O2. The smallest absolute Gasteiger partial charge is 0.246 e. The number of carbonyl (C=O) groups is 2. The van der Waals surface area contributed by atoms with Gasteiger partial charge < -0.3 is 20.4 Å². The Labute approximate surface area is 206 Å². The summed E-state index contributed by atoms with van der Waals surface area (Å²) in [6, 6.07) is 5.54. The van der Waals surface area contributed by atoms with E-state index in [9.17, 15) is 14.0 Å². The second-order valence-electron chi connectivity index (χ2n) is 7.96. The van der Waals surface area contributed by atoms with Crippen molar-refractivity contribution in [2.45, 2.75) is 32.7 Å². The summed E-state index contributed by atoms with van der Waals surface area (Å²) in [6.07, 6.45) is 2.20. The predicted molar refractivity (Wildman–Crippen MR) is 135 cm³/mol. The van der Waals surface area contributed by atoms with Crippen molar-refractivity contribution >= 4 is 47.4 Å². The van der Waals surface area contributed by atoms with Crippen molar-refractivity contribution in [1.82, 2.24) is 20.0 Å². The lowest BCUT2D eigenvalue weighted by atomic mass is 10.2. The van der Waals surface area contributed by atoms with Gasteiger partial charge in [0, 0.05) is 51.5 Å². The number of carbonyl (C=O) groups excluding carboxylic acids is 2. The normalized spacial score (nSPS) is 18.2. The van der Waals surface area contributed by atoms with Gasteiger partial charge in [0.25, 0.3) is 0 Å². The highest BCUT2D eigenvalue weighted by Crippen LogP contribution is 2.14. The van der Waals surface area contributed by atoms with E-state index in [2.05, 4.69) is 25.4 Å². The van der Waals surface area contributed by atoms with Crippen molar-refractivity contribution in [3.63, 3.8) is 0 Å². The van der Waals surface area contributed by atoms with E-state index in [1.165, 1.54) is 24.3 Å². The van der Waals surface area contributed by atoms with E-state index in [4.69, 9.17) is 0 Å². The molecule has 0 saturated carbocycles. The zero-order valence-electron chi connectivity index (χ0n) is 18.8. The summed E-state index contributed by atoms with van der Waals surface area (Å²) in [4.78, 5) is 35.7. The van der Waals surface area contributed by atoms with Crippen molar-refractivity contribution in [3.05, 3.63) is 30.1 Å². The summed E-state index contributed by atoms with van der Waals surface area (Å²) in [5.41, 5.74) is 0.539. The van der Waals surface area contributed by atoms with Crippen LogP contribution in [0.4, 0.5) is 10.1 Å². The van der Waals surface area contributed by atoms with E-state index in [-0.39, 0.29) is 54.2 Å². The summed E-state index contributed by atoms with van der Waals surface area (Å²) in [5.74, 6) is 0.311. The van der Waals surface area contributed by atoms with Gasteiger partial charge in [-0.1, -0.05) is 0 Å². The zero-order chi connectivity index (χ0) is 22.2. The van der Waals surface area contributed by atoms with Crippen LogP contribution in [0.15, 0.2) is 29.3 Å². The predicted octanol–water partition coefficient (Wildman–Crippen LogP) is 1.98. The Morgan fingerprint density at radius 2 is 1.66 bits per heavy atom. The van der Waals surface area contributed by atoms with Gasteiger partial charge in [-0.05, 0) is 51.0 Å². The van der Waals surface area contributed by atoms with Crippen LogP contribution in [0.25, 0.3) is 0 Å². The number of nitrogens with one attached hydrogen (secondary N) is 2. The number of benzene rings is 1. The molecule has 2 amide bonds. The monoisotopic (exact) mass is 560 g/mol. The Kier molecular flexibility index (Phi) is 10.6. The van der Waals surface area contributed by atoms with Crippen LogP contribution in [0, 0.1) is 5.82 Å². The molecule has 178 valence electrons. The highest BCUT2D eigenvalue weighted by Gasteiger charge is 2.30. The van der Waals surface area contributed by atoms with Crippen molar-refractivity contribution < 1.29 is 14.0 Å². The van der Waals surface area contributed by atoms with Crippen LogP contribution in [0.5, 0.6) is 0 Å². The molecule has 8 nitrogen and oxygen atoms in total. The van der Waals surface area contributed by atoms with E-state index < -0.39 is 0 Å². The van der Waals surface area contributed by atoms with Gasteiger partial charge >= 0.3 is 0 Å². The summed E-state index contributed by atoms with van der Waals surface area (Å²) >= 11 is 0. The second-order valence-corrected chi connectivity index (χ2v) is 7.96. The summed E-state index contributed by atoms with van der Waals surface area (Å²) in [7, 11) is 0. The molecule has 2 saturated heterocycles. The molecule has 10 heteroatoms. The maximum absolute atomic E-state index is 13.0. The maximum atomic E-state index is 13.0. The third-order valence-electron chi connectivity index (χ3n) is 5.77. The Bertz CT molecular complexity index is 777. The van der Waals surface area contributed by atoms with Crippen LogP contribution in [0.3, 0.4) is 0 Å². The molecule has 32 heavy (non-hydrogen) atoms. The number of guanidine groups is 1. The quantitative estimate of drug-likeness (QED) is 0.316.